The van der Waals surface area contributed by atoms with E-state index in [0.717, 1.165) is 22.2 Å². The Morgan fingerprint density at radius 1 is 1.47 bits per heavy atom. The van der Waals surface area contributed by atoms with Crippen LogP contribution in [0.15, 0.2) is 35.4 Å². The van der Waals surface area contributed by atoms with Crippen LogP contribution in [0.25, 0.3) is 0 Å². The second-order valence-electron chi connectivity index (χ2n) is 3.93. The molecule has 1 unspecified atom stereocenters. The number of fused-ring (bicyclic) bond motifs is 1. The van der Waals surface area contributed by atoms with Crippen molar-refractivity contribution >= 4 is 11.8 Å². The molecule has 0 aliphatic carbocycles. The van der Waals surface area contributed by atoms with Gasteiger partial charge in [0, 0.05) is 17.7 Å². The maximum atomic E-state index is 9.37. The molecule has 88 valence electrons. The van der Waals surface area contributed by atoms with Gasteiger partial charge in [0.15, 0.2) is 11.9 Å². The predicted molar refractivity (Wildman–Crippen MR) is 65.4 cm³/mol. The summed E-state index contributed by atoms with van der Waals surface area (Å²) in [7, 11) is 1.86. The quantitative estimate of drug-likeness (QED) is 0.841. The second kappa shape index (κ2) is 4.00. The summed E-state index contributed by atoms with van der Waals surface area (Å²) in [4.78, 5) is 5.24. The summed E-state index contributed by atoms with van der Waals surface area (Å²) in [6.07, 6.45) is 1.48. The summed E-state index contributed by atoms with van der Waals surface area (Å²) in [5, 5.41) is 9.37. The first kappa shape index (κ1) is 10.5. The summed E-state index contributed by atoms with van der Waals surface area (Å²) >= 11 is 1.75. The van der Waals surface area contributed by atoms with E-state index in [4.69, 9.17) is 4.74 Å². The van der Waals surface area contributed by atoms with Gasteiger partial charge in [0.2, 0.25) is 5.88 Å². The number of aryl methyl sites for hydroxylation is 1. The number of nitrogens with zero attached hydrogens (tertiary/aromatic N) is 2. The van der Waals surface area contributed by atoms with E-state index in [1.54, 1.807) is 22.5 Å². The number of aromatic nitrogens is 2. The highest BCUT2D eigenvalue weighted by atomic mass is 32.2. The zero-order valence-electron chi connectivity index (χ0n) is 9.33. The average molecular weight is 248 g/mol. The average Bonchev–Trinajstić information content (AvgIpc) is 2.68. The van der Waals surface area contributed by atoms with Gasteiger partial charge in [-0.1, -0.05) is 12.1 Å². The molecule has 0 saturated heterocycles. The molecular weight excluding hydrogens is 236 g/mol. The Morgan fingerprint density at radius 2 is 2.29 bits per heavy atom. The Balaban J connectivity index is 1.92. The van der Waals surface area contributed by atoms with Crippen molar-refractivity contribution < 1.29 is 9.84 Å². The third kappa shape index (κ3) is 1.86. The van der Waals surface area contributed by atoms with Gasteiger partial charge < -0.3 is 14.4 Å². The highest BCUT2D eigenvalue weighted by Crippen LogP contribution is 2.39. The second-order valence-corrected chi connectivity index (χ2v) is 4.99. The van der Waals surface area contributed by atoms with Gasteiger partial charge in [-0.3, -0.25) is 0 Å². The number of imidazole rings is 1. The van der Waals surface area contributed by atoms with Crippen molar-refractivity contribution in [3.63, 3.8) is 0 Å². The number of rotatable bonds is 1. The fourth-order valence-corrected chi connectivity index (χ4v) is 2.89. The molecule has 1 aromatic carbocycles. The molecule has 1 aliphatic rings. The van der Waals surface area contributed by atoms with E-state index >= 15 is 0 Å². The zero-order chi connectivity index (χ0) is 11.8. The third-order valence-corrected chi connectivity index (χ3v) is 3.81. The fourth-order valence-electron chi connectivity index (χ4n) is 1.91. The van der Waals surface area contributed by atoms with Crippen LogP contribution in [0.5, 0.6) is 11.6 Å². The first-order valence-electron chi connectivity index (χ1n) is 5.35. The Kier molecular flexibility index (Phi) is 2.48. The molecule has 1 aliphatic heterocycles. The van der Waals surface area contributed by atoms with E-state index in [0.29, 0.717) is 0 Å². The number of benzene rings is 1. The first-order chi connectivity index (χ1) is 8.24. The molecule has 2 aromatic rings. The molecule has 0 fully saturated rings. The third-order valence-electron chi connectivity index (χ3n) is 2.70. The van der Waals surface area contributed by atoms with Crippen molar-refractivity contribution in [3.05, 3.63) is 36.3 Å². The lowest BCUT2D eigenvalue weighted by molar-refractivity contribution is 0.206. The molecule has 0 bridgehead atoms. The summed E-state index contributed by atoms with van der Waals surface area (Å²) in [5.41, 5.74) is 0. The Bertz CT molecular complexity index is 553. The molecule has 4 nitrogen and oxygen atoms in total. The van der Waals surface area contributed by atoms with Crippen LogP contribution in [0.1, 0.15) is 11.9 Å². The van der Waals surface area contributed by atoms with Crippen LogP contribution in [-0.2, 0) is 7.05 Å². The monoisotopic (exact) mass is 248 g/mol. The van der Waals surface area contributed by atoms with Gasteiger partial charge in [-0.2, -0.15) is 4.98 Å². The highest BCUT2D eigenvalue weighted by molar-refractivity contribution is 7.99. The summed E-state index contributed by atoms with van der Waals surface area (Å²) in [6.45, 7) is 0. The molecule has 1 aromatic heterocycles. The van der Waals surface area contributed by atoms with Gasteiger partial charge >= 0.3 is 0 Å². The summed E-state index contributed by atoms with van der Waals surface area (Å²) in [6, 6.07) is 7.96. The van der Waals surface area contributed by atoms with Crippen LogP contribution in [0, 0.1) is 0 Å². The van der Waals surface area contributed by atoms with Crippen LogP contribution in [-0.4, -0.2) is 20.4 Å². The minimum absolute atomic E-state index is 0.0370. The van der Waals surface area contributed by atoms with E-state index in [9.17, 15) is 5.11 Å². The van der Waals surface area contributed by atoms with Crippen LogP contribution in [0.4, 0.5) is 0 Å². The number of hydrogen-bond acceptors (Lipinski definition) is 4. The van der Waals surface area contributed by atoms with Gasteiger partial charge in [-0.25, -0.2) is 0 Å². The lowest BCUT2D eigenvalue weighted by Gasteiger charge is -2.24. The molecule has 1 N–H and O–H groups in total. The standard InChI is InChI=1S/C12H12N2O2S/c1-14-6-11(15)13-12(14)9-7-17-10-5-3-2-4-8(10)16-9/h2-6,9,15H,7H2,1H3. The Labute approximate surface area is 103 Å². The smallest absolute Gasteiger partial charge is 0.229 e. The van der Waals surface area contributed by atoms with E-state index in [1.165, 1.54) is 0 Å². The number of thioether (sulfide) groups is 1. The molecule has 3 rings (SSSR count). The van der Waals surface area contributed by atoms with E-state index in [1.807, 2.05) is 31.3 Å². The van der Waals surface area contributed by atoms with Crippen molar-refractivity contribution in [1.29, 1.82) is 0 Å². The minimum Gasteiger partial charge on any atom is -0.492 e. The van der Waals surface area contributed by atoms with E-state index in [-0.39, 0.29) is 12.0 Å². The Hall–Kier alpha value is -1.62. The molecule has 17 heavy (non-hydrogen) atoms. The van der Waals surface area contributed by atoms with Gasteiger partial charge in [-0.05, 0) is 12.1 Å². The highest BCUT2D eigenvalue weighted by Gasteiger charge is 2.25. The molecular formula is C12H12N2O2S. The molecule has 0 amide bonds. The minimum atomic E-state index is -0.110. The lowest BCUT2D eigenvalue weighted by atomic mass is 10.3. The van der Waals surface area contributed by atoms with Crippen LogP contribution < -0.4 is 4.74 Å². The number of ether oxygens (including phenoxy) is 1. The van der Waals surface area contributed by atoms with E-state index in [2.05, 4.69) is 4.98 Å². The van der Waals surface area contributed by atoms with Crippen molar-refractivity contribution in [1.82, 2.24) is 9.55 Å². The summed E-state index contributed by atoms with van der Waals surface area (Å²) in [5.74, 6) is 2.48. The van der Waals surface area contributed by atoms with Crippen LogP contribution in [0.3, 0.4) is 0 Å². The lowest BCUT2D eigenvalue weighted by Crippen LogP contribution is -2.18. The fraction of sp³-hybridized carbons (Fsp3) is 0.250. The van der Waals surface area contributed by atoms with Crippen molar-refractivity contribution in [2.24, 2.45) is 7.05 Å². The summed E-state index contributed by atoms with van der Waals surface area (Å²) < 4.78 is 7.70. The number of hydrogen-bond donors (Lipinski definition) is 1. The van der Waals surface area contributed by atoms with Gasteiger partial charge in [-0.15, -0.1) is 11.8 Å². The number of para-hydroxylation sites is 1. The van der Waals surface area contributed by atoms with Crippen molar-refractivity contribution in [2.75, 3.05) is 5.75 Å². The Morgan fingerprint density at radius 3 is 3.06 bits per heavy atom. The molecule has 0 radical (unpaired) electrons. The SMILES string of the molecule is Cn1cc(O)nc1C1CSc2ccccc2O1. The zero-order valence-corrected chi connectivity index (χ0v) is 10.1. The molecule has 5 heteroatoms. The number of aromatic hydroxyl groups is 1. The molecule has 1 atom stereocenters. The molecule has 0 spiro atoms. The maximum absolute atomic E-state index is 9.37. The van der Waals surface area contributed by atoms with E-state index < -0.39 is 0 Å². The van der Waals surface area contributed by atoms with Gasteiger partial charge in [0.1, 0.15) is 5.75 Å². The molecule has 0 saturated carbocycles. The largest absolute Gasteiger partial charge is 0.492 e. The predicted octanol–water partition coefficient (Wildman–Crippen LogP) is 2.35. The topological polar surface area (TPSA) is 47.3 Å². The first-order valence-corrected chi connectivity index (χ1v) is 6.33. The van der Waals surface area contributed by atoms with Crippen LogP contribution in [0.2, 0.25) is 0 Å². The normalized spacial score (nSPS) is 18.5. The molecule has 2 heterocycles. The van der Waals surface area contributed by atoms with Gasteiger partial charge in [0.05, 0.1) is 6.20 Å². The van der Waals surface area contributed by atoms with Gasteiger partial charge in [0.25, 0.3) is 0 Å². The van der Waals surface area contributed by atoms with Crippen molar-refractivity contribution in [2.45, 2.75) is 11.0 Å². The van der Waals surface area contributed by atoms with Crippen LogP contribution >= 0.6 is 11.8 Å². The van der Waals surface area contributed by atoms with Crippen molar-refractivity contribution in [3.8, 4) is 11.6 Å². The maximum Gasteiger partial charge on any atom is 0.229 e.